The van der Waals surface area contributed by atoms with E-state index in [4.69, 9.17) is 0 Å². The van der Waals surface area contributed by atoms with Crippen LogP contribution in [0.4, 0.5) is 0 Å². The lowest BCUT2D eigenvalue weighted by molar-refractivity contribution is 0.463. The second-order valence-electron chi connectivity index (χ2n) is 3.98. The Hall–Kier alpha value is -0.850. The van der Waals surface area contributed by atoms with E-state index in [2.05, 4.69) is 24.0 Å². The van der Waals surface area contributed by atoms with E-state index in [-0.39, 0.29) is 0 Å². The molecule has 1 nitrogen and oxygen atoms in total. The Bertz CT molecular complexity index is 280. The molecule has 0 fully saturated rings. The molecule has 84 valence electrons. The molecule has 1 aromatic heterocycles. The van der Waals surface area contributed by atoms with E-state index < -0.39 is 0 Å². The van der Waals surface area contributed by atoms with Gasteiger partial charge in [0, 0.05) is 11.9 Å². The molecule has 1 heterocycles. The van der Waals surface area contributed by atoms with Crippen LogP contribution >= 0.6 is 0 Å². The molecular formula is C14H23N. The monoisotopic (exact) mass is 205 g/mol. The number of hydrogen-bond acceptors (Lipinski definition) is 1. The Labute approximate surface area is 93.9 Å². The average molecular weight is 205 g/mol. The molecule has 0 saturated heterocycles. The maximum absolute atomic E-state index is 4.48. The summed E-state index contributed by atoms with van der Waals surface area (Å²) < 4.78 is 0. The first-order chi connectivity index (χ1) is 7.40. The number of rotatable bonds is 1. The van der Waals surface area contributed by atoms with Crippen LogP contribution in [0.5, 0.6) is 0 Å². The number of pyridine rings is 1. The zero-order valence-electron chi connectivity index (χ0n) is 10.3. The van der Waals surface area contributed by atoms with Gasteiger partial charge < -0.3 is 0 Å². The molecule has 0 radical (unpaired) electrons. The van der Waals surface area contributed by atoms with Gasteiger partial charge in [-0.05, 0) is 43.2 Å². The molecule has 0 aromatic carbocycles. The quantitative estimate of drug-likeness (QED) is 0.631. The summed E-state index contributed by atoms with van der Waals surface area (Å²) in [5.41, 5.74) is 2.84. The molecule has 0 bridgehead atoms. The fourth-order valence-electron chi connectivity index (χ4n) is 2.19. The van der Waals surface area contributed by atoms with Crippen molar-refractivity contribution >= 4 is 0 Å². The van der Waals surface area contributed by atoms with Gasteiger partial charge in [-0.1, -0.05) is 33.3 Å². The molecular weight excluding hydrogens is 182 g/mol. The number of nitrogens with zero attached hydrogens (tertiary/aromatic N) is 1. The molecule has 1 aliphatic rings. The van der Waals surface area contributed by atoms with Crippen LogP contribution in [0.1, 0.15) is 51.3 Å². The summed E-state index contributed by atoms with van der Waals surface area (Å²) in [5, 5.41) is 0. The summed E-state index contributed by atoms with van der Waals surface area (Å²) in [6.07, 6.45) is 8.39. The minimum atomic E-state index is 0.871. The van der Waals surface area contributed by atoms with Crippen LogP contribution in [0.2, 0.25) is 0 Å². The van der Waals surface area contributed by atoms with Gasteiger partial charge in [-0.3, -0.25) is 4.98 Å². The maximum atomic E-state index is 4.48. The number of aromatic nitrogens is 1. The lowest BCUT2D eigenvalue weighted by atomic mass is 9.97. The Morgan fingerprint density at radius 3 is 2.93 bits per heavy atom. The predicted molar refractivity (Wildman–Crippen MR) is 66.0 cm³/mol. The minimum absolute atomic E-state index is 0.871. The molecule has 0 amide bonds. The highest BCUT2D eigenvalue weighted by atomic mass is 14.7. The third kappa shape index (κ3) is 3.33. The van der Waals surface area contributed by atoms with Gasteiger partial charge in [-0.15, -0.1) is 0 Å². The molecule has 1 aliphatic carbocycles. The van der Waals surface area contributed by atoms with Crippen LogP contribution in [-0.2, 0) is 12.8 Å². The Balaban J connectivity index is 0.000000531. The van der Waals surface area contributed by atoms with Crippen LogP contribution in [0.15, 0.2) is 18.3 Å². The van der Waals surface area contributed by atoms with Crippen LogP contribution in [0.25, 0.3) is 0 Å². The number of hydrogen-bond donors (Lipinski definition) is 0. The van der Waals surface area contributed by atoms with Gasteiger partial charge in [0.05, 0.1) is 0 Å². The van der Waals surface area contributed by atoms with Crippen LogP contribution < -0.4 is 0 Å². The van der Waals surface area contributed by atoms with Crippen molar-refractivity contribution in [3.63, 3.8) is 0 Å². The van der Waals surface area contributed by atoms with Gasteiger partial charge >= 0.3 is 0 Å². The highest BCUT2D eigenvalue weighted by Gasteiger charge is 2.15. The fraction of sp³-hybridized carbons (Fsp3) is 0.643. The first-order valence-electron chi connectivity index (χ1n) is 6.33. The molecule has 1 atom stereocenters. The predicted octanol–water partition coefficient (Wildman–Crippen LogP) is 4.01. The molecule has 0 saturated carbocycles. The van der Waals surface area contributed by atoms with E-state index in [1.807, 2.05) is 20.0 Å². The summed E-state index contributed by atoms with van der Waals surface area (Å²) in [6, 6.07) is 4.30. The van der Waals surface area contributed by atoms with Gasteiger partial charge in [-0.2, -0.15) is 0 Å². The molecule has 2 rings (SSSR count). The van der Waals surface area contributed by atoms with Crippen molar-refractivity contribution in [2.24, 2.45) is 5.92 Å². The van der Waals surface area contributed by atoms with E-state index in [1.54, 1.807) is 0 Å². The second kappa shape index (κ2) is 6.60. The summed E-state index contributed by atoms with van der Waals surface area (Å²) in [4.78, 5) is 4.48. The van der Waals surface area contributed by atoms with Gasteiger partial charge in [0.25, 0.3) is 0 Å². The summed E-state index contributed by atoms with van der Waals surface area (Å²) in [6.45, 7) is 6.29. The van der Waals surface area contributed by atoms with E-state index in [1.165, 1.54) is 43.4 Å². The van der Waals surface area contributed by atoms with Crippen molar-refractivity contribution in [1.82, 2.24) is 4.98 Å². The van der Waals surface area contributed by atoms with Gasteiger partial charge in [-0.25, -0.2) is 0 Å². The second-order valence-corrected chi connectivity index (χ2v) is 3.98. The normalized spacial score (nSPS) is 19.5. The van der Waals surface area contributed by atoms with Crippen LogP contribution in [0.3, 0.4) is 0 Å². The van der Waals surface area contributed by atoms with E-state index in [0.717, 1.165) is 5.92 Å². The molecule has 0 spiro atoms. The summed E-state index contributed by atoms with van der Waals surface area (Å²) in [5.74, 6) is 0.871. The number of fused-ring (bicyclic) bond motifs is 1. The average Bonchev–Trinajstić information content (AvgIpc) is 2.53. The van der Waals surface area contributed by atoms with Gasteiger partial charge in [0.1, 0.15) is 0 Å². The Morgan fingerprint density at radius 2 is 2.20 bits per heavy atom. The van der Waals surface area contributed by atoms with Crippen molar-refractivity contribution in [1.29, 1.82) is 0 Å². The topological polar surface area (TPSA) is 12.9 Å². The third-order valence-electron chi connectivity index (χ3n) is 3.10. The first-order valence-corrected chi connectivity index (χ1v) is 6.33. The first kappa shape index (κ1) is 12.2. The SMILES string of the molecule is CC.CCC1CCCc2cccnc2C1. The van der Waals surface area contributed by atoms with Gasteiger partial charge in [0.2, 0.25) is 0 Å². The van der Waals surface area contributed by atoms with E-state index >= 15 is 0 Å². The van der Waals surface area contributed by atoms with Crippen molar-refractivity contribution < 1.29 is 0 Å². The van der Waals surface area contributed by atoms with Crippen molar-refractivity contribution in [2.75, 3.05) is 0 Å². The summed E-state index contributed by atoms with van der Waals surface area (Å²) in [7, 11) is 0. The Morgan fingerprint density at radius 1 is 1.40 bits per heavy atom. The van der Waals surface area contributed by atoms with Gasteiger partial charge in [0.15, 0.2) is 0 Å². The molecule has 0 N–H and O–H groups in total. The van der Waals surface area contributed by atoms with Crippen LogP contribution in [0, 0.1) is 5.92 Å². The summed E-state index contributed by atoms with van der Waals surface area (Å²) >= 11 is 0. The maximum Gasteiger partial charge on any atom is 0.0438 e. The lowest BCUT2D eigenvalue weighted by Gasteiger charge is -2.10. The molecule has 1 heteroatoms. The van der Waals surface area contributed by atoms with E-state index in [9.17, 15) is 0 Å². The minimum Gasteiger partial charge on any atom is -0.261 e. The highest BCUT2D eigenvalue weighted by molar-refractivity contribution is 5.21. The third-order valence-corrected chi connectivity index (χ3v) is 3.10. The largest absolute Gasteiger partial charge is 0.261 e. The standard InChI is InChI=1S/C12H17N.C2H6/c1-2-10-5-3-6-11-7-4-8-13-12(11)9-10;1-2/h4,7-8,10H,2-3,5-6,9H2,1H3;1-2H3. The fourth-order valence-corrected chi connectivity index (χ4v) is 2.19. The smallest absolute Gasteiger partial charge is 0.0438 e. The molecule has 1 unspecified atom stereocenters. The van der Waals surface area contributed by atoms with Crippen LogP contribution in [-0.4, -0.2) is 4.98 Å². The zero-order valence-corrected chi connectivity index (χ0v) is 10.3. The molecule has 15 heavy (non-hydrogen) atoms. The molecule has 1 aromatic rings. The molecule has 0 aliphatic heterocycles. The van der Waals surface area contributed by atoms with E-state index in [0.29, 0.717) is 0 Å². The zero-order chi connectivity index (χ0) is 11.1. The number of aryl methyl sites for hydroxylation is 1. The lowest BCUT2D eigenvalue weighted by Crippen LogP contribution is -2.02. The highest BCUT2D eigenvalue weighted by Crippen LogP contribution is 2.24. The van der Waals surface area contributed by atoms with Crippen molar-refractivity contribution in [3.8, 4) is 0 Å². The Kier molecular flexibility index (Phi) is 5.38. The van der Waals surface area contributed by atoms with Crippen molar-refractivity contribution in [2.45, 2.75) is 52.9 Å². The van der Waals surface area contributed by atoms with Crippen molar-refractivity contribution in [3.05, 3.63) is 29.6 Å².